The Morgan fingerprint density at radius 3 is 2.76 bits per heavy atom. The molecule has 0 unspecified atom stereocenters. The van der Waals surface area contributed by atoms with Gasteiger partial charge in [0.15, 0.2) is 11.6 Å². The normalized spacial score (nSPS) is 24.4. The summed E-state index contributed by atoms with van der Waals surface area (Å²) in [5.74, 6) is 0.244. The second-order valence-corrected chi connectivity index (χ2v) is 9.20. The second-order valence-electron chi connectivity index (χ2n) is 9.20. The van der Waals surface area contributed by atoms with Gasteiger partial charge in [-0.1, -0.05) is 0 Å². The Bertz CT molecular complexity index is 1320. The molecule has 3 saturated carbocycles. The van der Waals surface area contributed by atoms with E-state index in [0.717, 1.165) is 31.4 Å². The third-order valence-corrected chi connectivity index (χ3v) is 7.41. The molecule has 2 bridgehead atoms. The van der Waals surface area contributed by atoms with Crippen molar-refractivity contribution in [1.82, 2.24) is 19.9 Å². The van der Waals surface area contributed by atoms with Crippen LogP contribution in [0.2, 0.25) is 0 Å². The minimum atomic E-state index is -0.701. The van der Waals surface area contributed by atoms with Crippen molar-refractivity contribution < 1.29 is 18.7 Å². The zero-order valence-corrected chi connectivity index (χ0v) is 17.9. The van der Waals surface area contributed by atoms with Gasteiger partial charge < -0.3 is 14.5 Å². The molecule has 0 saturated heterocycles. The number of furan rings is 1. The van der Waals surface area contributed by atoms with Crippen molar-refractivity contribution in [2.45, 2.75) is 32.1 Å². The monoisotopic (exact) mass is 446 g/mol. The summed E-state index contributed by atoms with van der Waals surface area (Å²) >= 11 is 0. The van der Waals surface area contributed by atoms with Crippen LogP contribution in [-0.2, 0) is 11.2 Å². The topological polar surface area (TPSA) is 105 Å². The van der Waals surface area contributed by atoms with E-state index >= 15 is 0 Å². The molecule has 168 valence electrons. The average molecular weight is 446 g/mol. The molecular weight excluding hydrogens is 423 g/mol. The van der Waals surface area contributed by atoms with E-state index in [1.807, 2.05) is 12.1 Å². The first-order valence-electron chi connectivity index (χ1n) is 11.3. The van der Waals surface area contributed by atoms with Crippen LogP contribution in [-0.4, -0.2) is 31.0 Å². The zero-order chi connectivity index (χ0) is 22.5. The van der Waals surface area contributed by atoms with E-state index < -0.39 is 11.8 Å². The Hall–Kier alpha value is -3.55. The summed E-state index contributed by atoms with van der Waals surface area (Å²) in [5.41, 5.74) is 2.59. The molecular formula is C25H23FN4O3. The number of fused-ring (bicyclic) bond motifs is 4. The lowest BCUT2D eigenvalue weighted by Crippen LogP contribution is -2.45. The largest absolute Gasteiger partial charge is 0.481 e. The van der Waals surface area contributed by atoms with Crippen LogP contribution in [0.3, 0.4) is 0 Å². The molecule has 2 atom stereocenters. The zero-order valence-electron chi connectivity index (χ0n) is 17.9. The number of hydrogen-bond acceptors (Lipinski definition) is 5. The Labute approximate surface area is 189 Å². The number of aliphatic carboxylic acids is 1. The van der Waals surface area contributed by atoms with Crippen molar-refractivity contribution in [1.29, 1.82) is 0 Å². The second kappa shape index (κ2) is 7.79. The molecule has 7 nitrogen and oxygen atoms in total. The molecule has 0 aromatic carbocycles. The fourth-order valence-electron chi connectivity index (χ4n) is 5.93. The van der Waals surface area contributed by atoms with E-state index in [2.05, 4.69) is 9.97 Å². The third kappa shape index (κ3) is 3.50. The first-order valence-corrected chi connectivity index (χ1v) is 11.3. The molecule has 33 heavy (non-hydrogen) atoms. The van der Waals surface area contributed by atoms with Gasteiger partial charge in [-0.2, -0.15) is 0 Å². The minimum Gasteiger partial charge on any atom is -0.481 e. The maximum Gasteiger partial charge on any atom is 0.307 e. The molecule has 3 aliphatic carbocycles. The van der Waals surface area contributed by atoms with Crippen molar-refractivity contribution >= 4 is 17.0 Å². The molecule has 8 heteroatoms. The molecule has 3 fully saturated rings. The highest BCUT2D eigenvalue weighted by Gasteiger charge is 2.47. The first kappa shape index (κ1) is 20.1. The highest BCUT2D eigenvalue weighted by atomic mass is 19.1. The van der Waals surface area contributed by atoms with Gasteiger partial charge in [0.25, 0.3) is 0 Å². The van der Waals surface area contributed by atoms with Crippen LogP contribution < -0.4 is 0 Å². The molecule has 0 amide bonds. The lowest BCUT2D eigenvalue weighted by molar-refractivity contribution is -0.152. The Kier molecular flexibility index (Phi) is 4.74. The van der Waals surface area contributed by atoms with E-state index in [9.17, 15) is 14.3 Å². The van der Waals surface area contributed by atoms with Gasteiger partial charge >= 0.3 is 5.97 Å². The number of rotatable bonds is 5. The maximum atomic E-state index is 13.9. The van der Waals surface area contributed by atoms with Gasteiger partial charge in [0, 0.05) is 22.8 Å². The highest BCUT2D eigenvalue weighted by Crippen LogP contribution is 2.50. The molecule has 3 aliphatic rings. The number of pyridine rings is 1. The number of nitrogens with one attached hydrogen (secondary N) is 1. The minimum absolute atomic E-state index is 0.0456. The smallest absolute Gasteiger partial charge is 0.307 e. The summed E-state index contributed by atoms with van der Waals surface area (Å²) in [6.07, 6.45) is 9.20. The van der Waals surface area contributed by atoms with E-state index in [1.54, 1.807) is 18.5 Å². The number of aromatic nitrogens is 4. The predicted octanol–water partition coefficient (Wildman–Crippen LogP) is 5.10. The van der Waals surface area contributed by atoms with Gasteiger partial charge in [0.1, 0.15) is 17.2 Å². The summed E-state index contributed by atoms with van der Waals surface area (Å²) in [7, 11) is 0. The molecule has 0 spiro atoms. The van der Waals surface area contributed by atoms with Crippen LogP contribution in [0.4, 0.5) is 4.39 Å². The van der Waals surface area contributed by atoms with Crippen molar-refractivity contribution in [2.24, 2.45) is 23.7 Å². The third-order valence-electron chi connectivity index (χ3n) is 7.41. The van der Waals surface area contributed by atoms with Crippen molar-refractivity contribution in [3.8, 4) is 22.8 Å². The van der Waals surface area contributed by atoms with Crippen molar-refractivity contribution in [3.63, 3.8) is 0 Å². The van der Waals surface area contributed by atoms with E-state index in [0.29, 0.717) is 46.2 Å². The van der Waals surface area contributed by atoms with Crippen LogP contribution in [0.1, 0.15) is 31.4 Å². The first-order chi connectivity index (χ1) is 16.1. The van der Waals surface area contributed by atoms with Crippen molar-refractivity contribution in [3.05, 3.63) is 54.4 Å². The molecule has 4 heterocycles. The number of hydrogen-bond donors (Lipinski definition) is 2. The fourth-order valence-corrected chi connectivity index (χ4v) is 5.93. The van der Waals surface area contributed by atoms with Gasteiger partial charge in [0.2, 0.25) is 0 Å². The number of halogens is 1. The van der Waals surface area contributed by atoms with Crippen LogP contribution in [0.15, 0.2) is 47.3 Å². The Balaban J connectivity index is 1.45. The summed E-state index contributed by atoms with van der Waals surface area (Å²) in [4.78, 5) is 28.8. The van der Waals surface area contributed by atoms with Crippen LogP contribution in [0.5, 0.6) is 0 Å². The van der Waals surface area contributed by atoms with E-state index in [-0.39, 0.29) is 17.8 Å². The highest BCUT2D eigenvalue weighted by molar-refractivity contribution is 5.91. The Morgan fingerprint density at radius 1 is 1.18 bits per heavy atom. The van der Waals surface area contributed by atoms with E-state index in [4.69, 9.17) is 14.4 Å². The number of carboxylic acid groups (broad SMARTS) is 1. The van der Waals surface area contributed by atoms with Crippen molar-refractivity contribution in [2.75, 3.05) is 0 Å². The summed E-state index contributed by atoms with van der Waals surface area (Å²) in [6.45, 7) is 0. The van der Waals surface area contributed by atoms with Gasteiger partial charge in [-0.25, -0.2) is 19.3 Å². The maximum absolute atomic E-state index is 13.9. The number of carboxylic acids is 1. The quantitative estimate of drug-likeness (QED) is 0.442. The molecule has 0 aliphatic heterocycles. The predicted molar refractivity (Wildman–Crippen MR) is 119 cm³/mol. The van der Waals surface area contributed by atoms with Crippen LogP contribution in [0, 0.1) is 29.5 Å². The summed E-state index contributed by atoms with van der Waals surface area (Å²) in [6, 6.07) is 6.92. The Morgan fingerprint density at radius 2 is 2.00 bits per heavy atom. The van der Waals surface area contributed by atoms with E-state index in [1.165, 1.54) is 12.3 Å². The van der Waals surface area contributed by atoms with Crippen LogP contribution in [0.25, 0.3) is 33.9 Å². The summed E-state index contributed by atoms with van der Waals surface area (Å²) in [5, 5.41) is 10.6. The molecule has 0 radical (unpaired) electrons. The fraction of sp³-hybridized carbons (Fsp3) is 0.360. The SMILES string of the molecule is O=C(O)[C@H]1C2CCC(CC2)[C@H]1Cc1cc(-c2ccco2)nc(-c2c[nH]c3ncc(F)cc23)n1. The number of carbonyl (C=O) groups is 1. The molecule has 2 N–H and O–H groups in total. The lowest BCUT2D eigenvalue weighted by atomic mass is 9.57. The number of aromatic amines is 1. The molecule has 7 rings (SSSR count). The van der Waals surface area contributed by atoms with Gasteiger partial charge in [-0.3, -0.25) is 4.79 Å². The standard InChI is InChI=1S/C25H23FN4O3/c26-15-8-18-19(12-28-23(18)27-11-15)24-29-16(10-20(30-24)21-2-1-7-33-21)9-17-13-3-5-14(6-4-13)22(17)25(31)32/h1-2,7-8,10-14,17,22H,3-6,9H2,(H,27,28)(H,31,32)/t13?,14?,17-,22+/m1/s1. The number of H-pyrrole nitrogens is 1. The van der Waals surface area contributed by atoms with Gasteiger partial charge in [0.05, 0.1) is 18.4 Å². The summed E-state index contributed by atoms with van der Waals surface area (Å²) < 4.78 is 19.5. The molecule has 4 aromatic heterocycles. The average Bonchev–Trinajstić information content (AvgIpc) is 3.49. The van der Waals surface area contributed by atoms with Crippen LogP contribution >= 0.6 is 0 Å². The molecule has 4 aromatic rings. The van der Waals surface area contributed by atoms with Gasteiger partial charge in [-0.05, 0) is 74.1 Å². The lowest BCUT2D eigenvalue weighted by Gasteiger charge is -2.46. The number of nitrogens with zero attached hydrogens (tertiary/aromatic N) is 3. The van der Waals surface area contributed by atoms with Gasteiger partial charge in [-0.15, -0.1) is 0 Å².